The normalized spacial score (nSPS) is 26.9. The van der Waals surface area contributed by atoms with E-state index in [1.165, 1.54) is 12.1 Å². The van der Waals surface area contributed by atoms with Crippen LogP contribution in [0, 0.1) is 5.92 Å². The summed E-state index contributed by atoms with van der Waals surface area (Å²) in [4.78, 5) is 25.4. The van der Waals surface area contributed by atoms with Gasteiger partial charge < -0.3 is 0 Å². The van der Waals surface area contributed by atoms with Gasteiger partial charge in [-0.3, -0.25) is 0 Å². The topological polar surface area (TPSA) is 78.4 Å². The summed E-state index contributed by atoms with van der Waals surface area (Å²) in [5, 5.41) is 17.8. The van der Waals surface area contributed by atoms with Gasteiger partial charge in [0.2, 0.25) is 0 Å². The molecule has 0 radical (unpaired) electrons. The third-order valence-corrected chi connectivity index (χ3v) is 11.4. The summed E-state index contributed by atoms with van der Waals surface area (Å²) in [5.41, 5.74) is -1.07. The van der Waals surface area contributed by atoms with Crippen LogP contribution in [0.2, 0.25) is 9.23 Å². The van der Waals surface area contributed by atoms with Gasteiger partial charge in [-0.15, -0.1) is 0 Å². The molecule has 1 unspecified atom stereocenters. The van der Waals surface area contributed by atoms with Crippen LogP contribution in [0.15, 0.2) is 48.5 Å². The van der Waals surface area contributed by atoms with Crippen LogP contribution in [0.1, 0.15) is 53.6 Å². The van der Waals surface area contributed by atoms with Gasteiger partial charge in [0, 0.05) is 0 Å². The minimum absolute atomic E-state index is 0.0300. The van der Waals surface area contributed by atoms with Crippen molar-refractivity contribution in [3.05, 3.63) is 70.2 Å². The fraction of sp³-hybridized carbons (Fsp3) is 0.462. The number of hydrogen-bond donors (Lipinski definition) is 3. The van der Waals surface area contributed by atoms with Crippen molar-refractivity contribution in [3.63, 3.8) is 0 Å². The molecule has 10 heteroatoms. The van der Waals surface area contributed by atoms with E-state index < -0.39 is 39.0 Å². The Labute approximate surface area is 219 Å². The first kappa shape index (κ1) is 27.2. The number of alkyl halides is 3. The van der Waals surface area contributed by atoms with E-state index >= 15 is 0 Å². The first-order chi connectivity index (χ1) is 17.0. The number of nitrogens with one attached hydrogen (secondary N) is 2. The van der Waals surface area contributed by atoms with Crippen molar-refractivity contribution in [1.82, 2.24) is 10.6 Å². The van der Waals surface area contributed by atoms with Gasteiger partial charge in [0.05, 0.1) is 0 Å². The number of rotatable bonds is 7. The van der Waals surface area contributed by atoms with E-state index in [0.29, 0.717) is 23.8 Å². The van der Waals surface area contributed by atoms with Crippen LogP contribution in [0.5, 0.6) is 0 Å². The van der Waals surface area contributed by atoms with E-state index in [-0.39, 0.29) is 20.9 Å². The Morgan fingerprint density at radius 1 is 1.11 bits per heavy atom. The molecule has 2 aliphatic rings. The summed E-state index contributed by atoms with van der Waals surface area (Å²) in [7, 11) is 0. The Morgan fingerprint density at radius 2 is 1.81 bits per heavy atom. The van der Waals surface area contributed by atoms with Crippen LogP contribution < -0.4 is 10.6 Å². The first-order valence-electron chi connectivity index (χ1n) is 12.0. The summed E-state index contributed by atoms with van der Waals surface area (Å²) < 4.78 is 38.7. The Morgan fingerprint density at radius 3 is 2.42 bits per heavy atom. The minimum atomic E-state index is -4.54. The van der Waals surface area contributed by atoms with Gasteiger partial charge in [0.15, 0.2) is 0 Å². The maximum absolute atomic E-state index is 13.0. The molecule has 2 aromatic rings. The van der Waals surface area contributed by atoms with Gasteiger partial charge in [-0.1, -0.05) is 0 Å². The summed E-state index contributed by atoms with van der Waals surface area (Å²) in [6, 6.07) is 11.5. The van der Waals surface area contributed by atoms with Crippen molar-refractivity contribution >= 4 is 37.8 Å². The van der Waals surface area contributed by atoms with E-state index in [2.05, 4.69) is 10.6 Å². The van der Waals surface area contributed by atoms with E-state index in [1.807, 2.05) is 12.1 Å². The van der Waals surface area contributed by atoms with Gasteiger partial charge in [0.1, 0.15) is 0 Å². The zero-order valence-electron chi connectivity index (χ0n) is 19.6. The zero-order valence-corrected chi connectivity index (χ0v) is 22.5. The predicted octanol–water partition coefficient (Wildman–Crippen LogP) is 4.28. The number of benzene rings is 2. The molecular weight excluding hydrogens is 556 g/mol. The molecule has 1 saturated heterocycles. The van der Waals surface area contributed by atoms with Crippen molar-refractivity contribution in [3.8, 4) is 0 Å². The molecule has 1 amide bonds. The Hall–Kier alpha value is -1.86. The van der Waals surface area contributed by atoms with Crippen LogP contribution in [0.25, 0.3) is 0 Å². The molecule has 36 heavy (non-hydrogen) atoms. The van der Waals surface area contributed by atoms with Gasteiger partial charge in [0.25, 0.3) is 0 Å². The van der Waals surface area contributed by atoms with Crippen LogP contribution in [-0.2, 0) is 16.6 Å². The summed E-state index contributed by atoms with van der Waals surface area (Å²) in [6.45, 7) is 1.38. The summed E-state index contributed by atoms with van der Waals surface area (Å²) >= 11 is 4.85. The van der Waals surface area contributed by atoms with Gasteiger partial charge in [-0.05, 0) is 0 Å². The molecule has 1 aliphatic heterocycles. The number of halogens is 4. The first-order valence-corrected chi connectivity index (χ1v) is 14.4. The summed E-state index contributed by atoms with van der Waals surface area (Å²) in [5.74, 6) is -0.395. The van der Waals surface area contributed by atoms with Crippen LogP contribution in [-0.4, -0.2) is 51.0 Å². The summed E-state index contributed by atoms with van der Waals surface area (Å²) in [6.07, 6.45) is -0.853. The molecule has 1 aliphatic carbocycles. The fourth-order valence-electron chi connectivity index (χ4n) is 5.39. The molecule has 1 saturated carbocycles. The maximum atomic E-state index is 13.0. The predicted molar refractivity (Wildman–Crippen MR) is 133 cm³/mol. The molecule has 2 fully saturated rings. The molecule has 5 nitrogen and oxygen atoms in total. The zero-order chi connectivity index (χ0) is 26.0. The number of aliphatic hydroxyl groups is 1. The Kier molecular flexibility index (Phi) is 8.20. The third-order valence-electron chi connectivity index (χ3n) is 7.41. The number of carbonyl (C=O) groups is 2. The second kappa shape index (κ2) is 10.9. The van der Waals surface area contributed by atoms with Crippen molar-refractivity contribution in [2.45, 2.75) is 48.1 Å². The Bertz CT molecular complexity index is 1100. The van der Waals surface area contributed by atoms with Gasteiger partial charge in [-0.2, -0.15) is 0 Å². The molecule has 2 atom stereocenters. The molecule has 4 rings (SSSR count). The SMILES string of the molecule is O=C(CNC(=O)c1cccc(C(F)(F)F)c1)[AsH][C@@]1(C2CCC(O)(c3ccc(Cl)cc3)CC2)CCNC1. The van der Waals surface area contributed by atoms with E-state index in [0.717, 1.165) is 50.0 Å². The van der Waals surface area contributed by atoms with Crippen molar-refractivity contribution < 1.29 is 27.9 Å². The molecular formula is C26H29AsClF3N2O3. The van der Waals surface area contributed by atoms with Crippen LogP contribution >= 0.6 is 11.6 Å². The molecule has 0 bridgehead atoms. The molecule has 2 aromatic carbocycles. The van der Waals surface area contributed by atoms with Gasteiger partial charge in [-0.25, -0.2) is 0 Å². The fourth-order valence-corrected chi connectivity index (χ4v) is 9.05. The monoisotopic (exact) mass is 584 g/mol. The molecule has 0 spiro atoms. The quantitative estimate of drug-likeness (QED) is 0.425. The van der Waals surface area contributed by atoms with E-state index in [9.17, 15) is 27.9 Å². The van der Waals surface area contributed by atoms with Crippen molar-refractivity contribution in [2.75, 3.05) is 19.6 Å². The number of hydrogen-bond acceptors (Lipinski definition) is 4. The third kappa shape index (κ3) is 6.16. The Balaban J connectivity index is 1.36. The molecule has 3 N–H and O–H groups in total. The van der Waals surface area contributed by atoms with Gasteiger partial charge >= 0.3 is 220 Å². The standard InChI is InChI=1S/C26H29AsClF3N2O3/c28-21-6-4-19(5-7-21)25(36)10-8-18(9-11-25)24(12-13-32-16-24)27-22(34)15-33-23(35)17-2-1-3-20(14-17)26(29,30)31/h1-7,14,18,27,32,36H,8-13,15-16H2,(H,33,35)/t18?,24-,25?/m0/s1. The van der Waals surface area contributed by atoms with Crippen molar-refractivity contribution in [2.24, 2.45) is 5.92 Å². The van der Waals surface area contributed by atoms with E-state index in [4.69, 9.17) is 11.6 Å². The number of carbonyl (C=O) groups excluding carboxylic acids is 2. The second-order valence-corrected chi connectivity index (χ2v) is 13.9. The van der Waals surface area contributed by atoms with E-state index in [1.54, 1.807) is 12.1 Å². The van der Waals surface area contributed by atoms with Crippen LogP contribution in [0.3, 0.4) is 0 Å². The average molecular weight is 585 g/mol. The molecule has 194 valence electrons. The molecule has 0 aromatic heterocycles. The molecule has 1 heterocycles. The second-order valence-electron chi connectivity index (χ2n) is 9.71. The number of amides is 1. The average Bonchev–Trinajstić information content (AvgIpc) is 3.32. The van der Waals surface area contributed by atoms with Crippen molar-refractivity contribution in [1.29, 1.82) is 0 Å². The van der Waals surface area contributed by atoms with Crippen LogP contribution in [0.4, 0.5) is 13.2 Å².